The summed E-state index contributed by atoms with van der Waals surface area (Å²) in [5.41, 5.74) is 3.44. The lowest BCUT2D eigenvalue weighted by Gasteiger charge is -2.33. The topological polar surface area (TPSA) is 67.2 Å². The SMILES string of the molecule is O=C(Cc1ccccc1)NC1CCC(C(O)CC2c3ccccc3-c3c(F)ncn32)CC1. The minimum absolute atomic E-state index is 0.0532. The molecular weight excluding hydrogens is 405 g/mol. The predicted molar refractivity (Wildman–Crippen MR) is 120 cm³/mol. The standard InChI is InChI=1S/C26H28FN3O2/c27-26-25-21-9-5-4-8-20(21)22(30(25)16-28-26)15-23(31)18-10-12-19(13-11-18)29-24(32)14-17-6-2-1-3-7-17/h1-9,16,18-19,22-23,31H,10-15H2,(H,29,32). The van der Waals surface area contributed by atoms with Crippen molar-refractivity contribution in [2.45, 2.75) is 56.7 Å². The average Bonchev–Trinajstić information content (AvgIpc) is 3.33. The van der Waals surface area contributed by atoms with E-state index in [1.807, 2.05) is 59.2 Å². The number of benzene rings is 2. The summed E-state index contributed by atoms with van der Waals surface area (Å²) in [5, 5.41) is 14.2. The molecule has 0 spiro atoms. The number of rotatable bonds is 6. The van der Waals surface area contributed by atoms with Crippen molar-refractivity contribution in [3.05, 3.63) is 78.0 Å². The van der Waals surface area contributed by atoms with Gasteiger partial charge in [0.25, 0.3) is 0 Å². The molecule has 166 valence electrons. The van der Waals surface area contributed by atoms with E-state index in [9.17, 15) is 14.3 Å². The van der Waals surface area contributed by atoms with Gasteiger partial charge >= 0.3 is 0 Å². The van der Waals surface area contributed by atoms with Crippen LogP contribution >= 0.6 is 0 Å². The third kappa shape index (κ3) is 4.07. The van der Waals surface area contributed by atoms with Gasteiger partial charge in [-0.15, -0.1) is 0 Å². The first-order chi connectivity index (χ1) is 15.6. The molecule has 2 N–H and O–H groups in total. The van der Waals surface area contributed by atoms with Crippen LogP contribution in [0.4, 0.5) is 4.39 Å². The first-order valence-electron chi connectivity index (χ1n) is 11.4. The zero-order valence-electron chi connectivity index (χ0n) is 18.0. The first-order valence-corrected chi connectivity index (χ1v) is 11.4. The quantitative estimate of drug-likeness (QED) is 0.610. The summed E-state index contributed by atoms with van der Waals surface area (Å²) >= 11 is 0. The number of imidazole rings is 1. The largest absolute Gasteiger partial charge is 0.393 e. The maximum Gasteiger partial charge on any atom is 0.238 e. The predicted octanol–water partition coefficient (Wildman–Crippen LogP) is 4.26. The molecule has 1 aliphatic carbocycles. The van der Waals surface area contributed by atoms with Crippen LogP contribution in [0.3, 0.4) is 0 Å². The van der Waals surface area contributed by atoms with Crippen molar-refractivity contribution in [2.75, 3.05) is 0 Å². The normalized spacial score (nSPS) is 22.8. The summed E-state index contributed by atoms with van der Waals surface area (Å²) in [6.45, 7) is 0. The zero-order chi connectivity index (χ0) is 22.1. The third-order valence-electron chi connectivity index (χ3n) is 7.01. The molecule has 0 bridgehead atoms. The molecule has 1 fully saturated rings. The lowest BCUT2D eigenvalue weighted by Crippen LogP contribution is -2.40. The lowest BCUT2D eigenvalue weighted by molar-refractivity contribution is -0.121. The molecule has 0 saturated heterocycles. The Labute approximate surface area is 187 Å². The zero-order valence-corrected chi connectivity index (χ0v) is 18.0. The van der Waals surface area contributed by atoms with Crippen molar-refractivity contribution in [2.24, 2.45) is 5.92 Å². The highest BCUT2D eigenvalue weighted by atomic mass is 19.1. The van der Waals surface area contributed by atoms with Crippen molar-refractivity contribution in [1.82, 2.24) is 14.9 Å². The molecule has 32 heavy (non-hydrogen) atoms. The molecule has 0 radical (unpaired) electrons. The van der Waals surface area contributed by atoms with Crippen molar-refractivity contribution in [3.8, 4) is 11.3 Å². The molecule has 2 atom stereocenters. The van der Waals surface area contributed by atoms with Crippen molar-refractivity contribution in [1.29, 1.82) is 0 Å². The highest BCUT2D eigenvalue weighted by Crippen LogP contribution is 2.43. The maximum absolute atomic E-state index is 14.3. The van der Waals surface area contributed by atoms with Crippen LogP contribution < -0.4 is 5.32 Å². The van der Waals surface area contributed by atoms with Gasteiger partial charge in [0.1, 0.15) is 5.69 Å². The van der Waals surface area contributed by atoms with Crippen LogP contribution in [0.15, 0.2) is 60.9 Å². The molecule has 2 heterocycles. The molecule has 3 aromatic rings. The summed E-state index contributed by atoms with van der Waals surface area (Å²) in [7, 11) is 0. The van der Waals surface area contributed by atoms with Crippen LogP contribution in [-0.4, -0.2) is 32.7 Å². The van der Waals surface area contributed by atoms with E-state index < -0.39 is 12.1 Å². The van der Waals surface area contributed by atoms with Gasteiger partial charge in [0.2, 0.25) is 11.9 Å². The molecule has 5 rings (SSSR count). The molecule has 1 saturated carbocycles. The number of halogens is 1. The van der Waals surface area contributed by atoms with Crippen LogP contribution in [0.5, 0.6) is 0 Å². The van der Waals surface area contributed by atoms with Gasteiger partial charge in [-0.2, -0.15) is 4.39 Å². The number of nitrogens with zero attached hydrogens (tertiary/aromatic N) is 2. The van der Waals surface area contributed by atoms with Gasteiger partial charge in [0.05, 0.1) is 24.9 Å². The lowest BCUT2D eigenvalue weighted by atomic mass is 9.80. The van der Waals surface area contributed by atoms with Crippen molar-refractivity contribution in [3.63, 3.8) is 0 Å². The number of fused-ring (bicyclic) bond motifs is 3. The van der Waals surface area contributed by atoms with E-state index >= 15 is 0 Å². The summed E-state index contributed by atoms with van der Waals surface area (Å²) in [6, 6.07) is 17.6. The number of nitrogens with one attached hydrogen (secondary N) is 1. The molecule has 2 aliphatic rings. The van der Waals surface area contributed by atoms with Gasteiger partial charge in [0, 0.05) is 11.6 Å². The Kier molecular flexibility index (Phi) is 5.79. The highest BCUT2D eigenvalue weighted by Gasteiger charge is 2.35. The minimum atomic E-state index is -0.481. The number of carbonyl (C=O) groups is 1. The van der Waals surface area contributed by atoms with E-state index in [0.717, 1.165) is 42.4 Å². The van der Waals surface area contributed by atoms with E-state index in [-0.39, 0.29) is 23.9 Å². The number of hydrogen-bond acceptors (Lipinski definition) is 3. The molecule has 1 amide bonds. The van der Waals surface area contributed by atoms with E-state index in [2.05, 4.69) is 10.3 Å². The summed E-state index contributed by atoms with van der Waals surface area (Å²) in [4.78, 5) is 16.2. The van der Waals surface area contributed by atoms with E-state index in [1.54, 1.807) is 6.33 Å². The Bertz CT molecular complexity index is 1090. The second kappa shape index (κ2) is 8.87. The number of aliphatic hydroxyl groups excluding tert-OH is 1. The molecular formula is C26H28FN3O2. The van der Waals surface area contributed by atoms with Crippen LogP contribution in [0.1, 0.15) is 49.3 Å². The first kappa shape index (κ1) is 20.9. The van der Waals surface area contributed by atoms with E-state index in [1.165, 1.54) is 0 Å². The van der Waals surface area contributed by atoms with Gasteiger partial charge in [-0.3, -0.25) is 4.79 Å². The molecule has 1 aliphatic heterocycles. The van der Waals surface area contributed by atoms with Crippen LogP contribution in [0, 0.1) is 11.9 Å². The second-order valence-electron chi connectivity index (χ2n) is 9.04. The fourth-order valence-electron chi connectivity index (χ4n) is 5.35. The van der Waals surface area contributed by atoms with Gasteiger partial charge in [0.15, 0.2) is 0 Å². The second-order valence-corrected chi connectivity index (χ2v) is 9.04. The van der Waals surface area contributed by atoms with Gasteiger partial charge in [-0.25, -0.2) is 4.98 Å². The van der Waals surface area contributed by atoms with Crippen LogP contribution in [0.25, 0.3) is 11.3 Å². The van der Waals surface area contributed by atoms with Crippen LogP contribution in [-0.2, 0) is 11.2 Å². The number of aliphatic hydroxyl groups is 1. The fraction of sp³-hybridized carbons (Fsp3) is 0.385. The number of aromatic nitrogens is 2. The van der Waals surface area contributed by atoms with Gasteiger partial charge in [-0.1, -0.05) is 54.6 Å². The molecule has 1 aromatic heterocycles. The Hall–Kier alpha value is -2.99. The van der Waals surface area contributed by atoms with Crippen LogP contribution in [0.2, 0.25) is 0 Å². The number of hydrogen-bond donors (Lipinski definition) is 2. The van der Waals surface area contributed by atoms with Crippen molar-refractivity contribution < 1.29 is 14.3 Å². The van der Waals surface area contributed by atoms with Gasteiger partial charge in [-0.05, 0) is 49.1 Å². The fourth-order valence-corrected chi connectivity index (χ4v) is 5.35. The third-order valence-corrected chi connectivity index (χ3v) is 7.01. The highest BCUT2D eigenvalue weighted by molar-refractivity contribution is 5.78. The maximum atomic E-state index is 14.3. The van der Waals surface area contributed by atoms with E-state index in [4.69, 9.17) is 0 Å². The Morgan fingerprint density at radius 3 is 2.59 bits per heavy atom. The Morgan fingerprint density at radius 1 is 1.09 bits per heavy atom. The minimum Gasteiger partial charge on any atom is -0.393 e. The Morgan fingerprint density at radius 2 is 1.81 bits per heavy atom. The number of carbonyl (C=O) groups excluding carboxylic acids is 1. The summed E-state index contributed by atoms with van der Waals surface area (Å²) in [5.74, 6) is -0.222. The van der Waals surface area contributed by atoms with Crippen molar-refractivity contribution >= 4 is 5.91 Å². The number of amides is 1. The molecule has 2 unspecified atom stereocenters. The Balaban J connectivity index is 1.17. The molecule has 5 nitrogen and oxygen atoms in total. The van der Waals surface area contributed by atoms with E-state index in [0.29, 0.717) is 18.5 Å². The monoisotopic (exact) mass is 433 g/mol. The molecule has 6 heteroatoms. The average molecular weight is 434 g/mol. The summed E-state index contributed by atoms with van der Waals surface area (Å²) in [6.07, 6.45) is 5.48. The van der Waals surface area contributed by atoms with Gasteiger partial charge < -0.3 is 15.0 Å². The molecule has 2 aromatic carbocycles. The smallest absolute Gasteiger partial charge is 0.238 e. The summed E-state index contributed by atoms with van der Waals surface area (Å²) < 4.78 is 16.1.